The second kappa shape index (κ2) is 8.54. The largest absolute Gasteiger partial charge is 0.314 e. The number of aldehydes is 1. The standard InChI is InChI=1S/C19H24ClN3O3S/c1-2-3-5-17-22-16(13-24)19(20)23(17)12-14-7-9-15(10-8-14)27(25,26)18-6-4-11-21-18/h7-10,13,18,21H,2-6,11-12H2,1H3. The maximum Gasteiger partial charge on any atom is 0.194 e. The first kappa shape index (κ1) is 20.0. The number of imidazole rings is 1. The maximum absolute atomic E-state index is 12.6. The molecule has 2 heterocycles. The fourth-order valence-electron chi connectivity index (χ4n) is 3.31. The molecule has 1 unspecified atom stereocenters. The quantitative estimate of drug-likeness (QED) is 0.677. The van der Waals surface area contributed by atoms with Crippen LogP contribution in [0.4, 0.5) is 0 Å². The SMILES string of the molecule is CCCCc1nc(C=O)c(Cl)n1Cc1ccc(S(=O)(=O)C2CCCN2)cc1. The minimum absolute atomic E-state index is 0.245. The molecule has 0 spiro atoms. The van der Waals surface area contributed by atoms with Gasteiger partial charge in [-0.05, 0) is 43.5 Å². The van der Waals surface area contributed by atoms with Crippen LogP contribution in [-0.4, -0.2) is 36.2 Å². The van der Waals surface area contributed by atoms with Crippen molar-refractivity contribution in [1.29, 1.82) is 0 Å². The van der Waals surface area contributed by atoms with Crippen molar-refractivity contribution >= 4 is 27.7 Å². The fourth-order valence-corrected chi connectivity index (χ4v) is 5.21. The van der Waals surface area contributed by atoms with E-state index in [2.05, 4.69) is 17.2 Å². The zero-order valence-electron chi connectivity index (χ0n) is 15.3. The molecule has 1 aliphatic rings. The van der Waals surface area contributed by atoms with Crippen molar-refractivity contribution < 1.29 is 13.2 Å². The number of unbranched alkanes of at least 4 members (excludes halogenated alkanes) is 1. The van der Waals surface area contributed by atoms with Gasteiger partial charge >= 0.3 is 0 Å². The van der Waals surface area contributed by atoms with Crippen molar-refractivity contribution in [2.75, 3.05) is 6.54 Å². The van der Waals surface area contributed by atoms with Gasteiger partial charge < -0.3 is 9.88 Å². The van der Waals surface area contributed by atoms with E-state index in [9.17, 15) is 13.2 Å². The Labute approximate surface area is 164 Å². The Morgan fingerprint density at radius 1 is 1.33 bits per heavy atom. The summed E-state index contributed by atoms with van der Waals surface area (Å²) in [5.74, 6) is 0.774. The van der Waals surface area contributed by atoms with Gasteiger partial charge in [-0.2, -0.15) is 0 Å². The fraction of sp³-hybridized carbons (Fsp3) is 0.474. The lowest BCUT2D eigenvalue weighted by atomic mass is 10.2. The van der Waals surface area contributed by atoms with Crippen LogP contribution >= 0.6 is 11.6 Å². The summed E-state index contributed by atoms with van der Waals surface area (Å²) < 4.78 is 27.1. The average molecular weight is 410 g/mol. The van der Waals surface area contributed by atoms with E-state index in [1.807, 2.05) is 4.57 Å². The number of hydrogen-bond donors (Lipinski definition) is 1. The highest BCUT2D eigenvalue weighted by Gasteiger charge is 2.29. The van der Waals surface area contributed by atoms with Crippen LogP contribution in [0.25, 0.3) is 0 Å². The highest BCUT2D eigenvalue weighted by molar-refractivity contribution is 7.92. The van der Waals surface area contributed by atoms with E-state index in [1.54, 1.807) is 24.3 Å². The van der Waals surface area contributed by atoms with Gasteiger partial charge in [-0.15, -0.1) is 0 Å². The summed E-state index contributed by atoms with van der Waals surface area (Å²) in [6, 6.07) is 6.87. The molecule has 8 heteroatoms. The van der Waals surface area contributed by atoms with Gasteiger partial charge in [0, 0.05) is 6.42 Å². The summed E-state index contributed by atoms with van der Waals surface area (Å²) in [5.41, 5.74) is 1.15. The lowest BCUT2D eigenvalue weighted by molar-refractivity contribution is 0.111. The molecule has 0 amide bonds. The van der Waals surface area contributed by atoms with E-state index in [4.69, 9.17) is 11.6 Å². The summed E-state index contributed by atoms with van der Waals surface area (Å²) >= 11 is 6.31. The summed E-state index contributed by atoms with van der Waals surface area (Å²) in [4.78, 5) is 15.8. The minimum atomic E-state index is -3.36. The number of hydrogen-bond acceptors (Lipinski definition) is 5. The summed E-state index contributed by atoms with van der Waals surface area (Å²) in [6.07, 6.45) is 4.90. The molecule has 0 bridgehead atoms. The van der Waals surface area contributed by atoms with Crippen LogP contribution in [0.3, 0.4) is 0 Å². The molecule has 1 aliphatic heterocycles. The van der Waals surface area contributed by atoms with Crippen molar-refractivity contribution in [2.45, 2.75) is 55.8 Å². The maximum atomic E-state index is 12.6. The molecular formula is C19H24ClN3O3S. The van der Waals surface area contributed by atoms with E-state index < -0.39 is 15.2 Å². The lowest BCUT2D eigenvalue weighted by Crippen LogP contribution is -2.30. The molecule has 1 saturated heterocycles. The van der Waals surface area contributed by atoms with Crippen molar-refractivity contribution in [3.8, 4) is 0 Å². The molecule has 1 N–H and O–H groups in total. The number of aromatic nitrogens is 2. The number of aryl methyl sites for hydroxylation is 1. The number of benzene rings is 1. The number of halogens is 1. The van der Waals surface area contributed by atoms with Crippen molar-refractivity contribution in [1.82, 2.24) is 14.9 Å². The zero-order valence-corrected chi connectivity index (χ0v) is 16.9. The molecule has 2 aromatic rings. The second-order valence-corrected chi connectivity index (χ2v) is 9.27. The number of carbonyl (C=O) groups excluding carboxylic acids is 1. The Balaban J connectivity index is 1.82. The first-order valence-corrected chi connectivity index (χ1v) is 11.2. The Bertz CT molecular complexity index is 901. The van der Waals surface area contributed by atoms with Crippen LogP contribution < -0.4 is 5.32 Å². The number of carbonyl (C=O) groups is 1. The predicted octanol–water partition coefficient (Wildman–Crippen LogP) is 3.22. The van der Waals surface area contributed by atoms with Gasteiger partial charge in [0.05, 0.1) is 11.4 Å². The number of nitrogens with zero attached hydrogens (tertiary/aromatic N) is 2. The molecule has 27 heavy (non-hydrogen) atoms. The molecular weight excluding hydrogens is 386 g/mol. The first-order chi connectivity index (χ1) is 13.0. The summed E-state index contributed by atoms with van der Waals surface area (Å²) in [5, 5.41) is 2.87. The van der Waals surface area contributed by atoms with Gasteiger partial charge in [0.2, 0.25) is 0 Å². The number of rotatable bonds is 8. The first-order valence-electron chi connectivity index (χ1n) is 9.23. The monoisotopic (exact) mass is 409 g/mol. The van der Waals surface area contributed by atoms with Gasteiger partial charge in [0.25, 0.3) is 0 Å². The molecule has 1 aromatic heterocycles. The Morgan fingerprint density at radius 3 is 2.67 bits per heavy atom. The third kappa shape index (κ3) is 4.25. The van der Waals surface area contributed by atoms with Crippen molar-refractivity contribution in [3.05, 3.63) is 46.5 Å². The number of nitrogens with one attached hydrogen (secondary N) is 1. The van der Waals surface area contributed by atoms with Crippen LogP contribution in [0.15, 0.2) is 29.2 Å². The normalized spacial score (nSPS) is 17.3. The van der Waals surface area contributed by atoms with Crippen LogP contribution in [0.1, 0.15) is 54.5 Å². The summed E-state index contributed by atoms with van der Waals surface area (Å²) in [6.45, 7) is 3.27. The molecule has 1 aromatic carbocycles. The third-order valence-electron chi connectivity index (χ3n) is 4.86. The third-order valence-corrected chi connectivity index (χ3v) is 7.34. The predicted molar refractivity (Wildman–Crippen MR) is 105 cm³/mol. The van der Waals surface area contributed by atoms with Gasteiger partial charge in [0.1, 0.15) is 22.0 Å². The minimum Gasteiger partial charge on any atom is -0.314 e. The second-order valence-electron chi connectivity index (χ2n) is 6.79. The van der Waals surface area contributed by atoms with Gasteiger partial charge in [-0.1, -0.05) is 37.1 Å². The van der Waals surface area contributed by atoms with E-state index in [0.29, 0.717) is 29.3 Å². The Kier molecular flexibility index (Phi) is 6.34. The molecule has 1 fully saturated rings. The van der Waals surface area contributed by atoms with Gasteiger partial charge in [-0.25, -0.2) is 13.4 Å². The van der Waals surface area contributed by atoms with Crippen LogP contribution in [0.5, 0.6) is 0 Å². The van der Waals surface area contributed by atoms with Crippen molar-refractivity contribution in [2.24, 2.45) is 0 Å². The Hall–Kier alpha value is -1.70. The van der Waals surface area contributed by atoms with Gasteiger partial charge in [-0.3, -0.25) is 4.79 Å². The van der Waals surface area contributed by atoms with Crippen LogP contribution in [0, 0.1) is 0 Å². The zero-order chi connectivity index (χ0) is 19.4. The molecule has 6 nitrogen and oxygen atoms in total. The van der Waals surface area contributed by atoms with E-state index in [-0.39, 0.29) is 5.69 Å². The Morgan fingerprint density at radius 2 is 2.07 bits per heavy atom. The topological polar surface area (TPSA) is 81.1 Å². The molecule has 0 radical (unpaired) electrons. The highest BCUT2D eigenvalue weighted by atomic mass is 35.5. The summed E-state index contributed by atoms with van der Waals surface area (Å²) in [7, 11) is -3.36. The van der Waals surface area contributed by atoms with E-state index in [1.165, 1.54) is 0 Å². The number of sulfone groups is 1. The van der Waals surface area contributed by atoms with Gasteiger partial charge in [0.15, 0.2) is 16.1 Å². The van der Waals surface area contributed by atoms with E-state index in [0.717, 1.165) is 43.6 Å². The lowest BCUT2D eigenvalue weighted by Gasteiger charge is -2.13. The highest BCUT2D eigenvalue weighted by Crippen LogP contribution is 2.23. The molecule has 0 aliphatic carbocycles. The molecule has 0 saturated carbocycles. The molecule has 3 rings (SSSR count). The molecule has 1 atom stereocenters. The average Bonchev–Trinajstić information content (AvgIpc) is 3.31. The van der Waals surface area contributed by atoms with Crippen LogP contribution in [0.2, 0.25) is 5.15 Å². The smallest absolute Gasteiger partial charge is 0.194 e. The van der Waals surface area contributed by atoms with E-state index >= 15 is 0 Å². The van der Waals surface area contributed by atoms with Crippen LogP contribution in [-0.2, 0) is 22.8 Å². The van der Waals surface area contributed by atoms with Crippen molar-refractivity contribution in [3.63, 3.8) is 0 Å². The molecule has 146 valence electrons.